The zero-order valence-electron chi connectivity index (χ0n) is 12.8. The van der Waals surface area contributed by atoms with E-state index in [0.717, 1.165) is 24.2 Å². The van der Waals surface area contributed by atoms with Crippen molar-refractivity contribution in [3.05, 3.63) is 29.8 Å². The number of aliphatic carboxylic acids is 1. The molecule has 2 rings (SSSR count). The van der Waals surface area contributed by atoms with E-state index in [1.807, 2.05) is 38.1 Å². The lowest BCUT2D eigenvalue weighted by Gasteiger charge is -2.18. The first kappa shape index (κ1) is 15.8. The van der Waals surface area contributed by atoms with Gasteiger partial charge in [-0.05, 0) is 49.3 Å². The Balaban J connectivity index is 1.92. The number of hydrogen-bond donors (Lipinski definition) is 2. The van der Waals surface area contributed by atoms with Crippen molar-refractivity contribution in [2.45, 2.75) is 58.2 Å². The summed E-state index contributed by atoms with van der Waals surface area (Å²) in [5.74, 6) is 0.140. The summed E-state index contributed by atoms with van der Waals surface area (Å²) < 4.78 is 5.97. The quantitative estimate of drug-likeness (QED) is 0.810. The van der Waals surface area contributed by atoms with Gasteiger partial charge < -0.3 is 15.2 Å². The van der Waals surface area contributed by atoms with Crippen LogP contribution < -0.4 is 10.1 Å². The van der Waals surface area contributed by atoms with Crippen LogP contribution in [0, 0.1) is 5.92 Å². The Morgan fingerprint density at radius 2 is 2.10 bits per heavy atom. The molecule has 21 heavy (non-hydrogen) atoms. The third-order valence-electron chi connectivity index (χ3n) is 3.96. The molecular weight excluding hydrogens is 266 g/mol. The first-order valence-corrected chi connectivity index (χ1v) is 7.78. The maximum Gasteiger partial charge on any atom is 0.320 e. The van der Waals surface area contributed by atoms with Crippen LogP contribution in [0.2, 0.25) is 0 Å². The van der Waals surface area contributed by atoms with Crippen LogP contribution in [0.5, 0.6) is 5.75 Å². The minimum atomic E-state index is -0.802. The smallest absolute Gasteiger partial charge is 0.320 e. The van der Waals surface area contributed by atoms with Gasteiger partial charge in [0.05, 0.1) is 6.10 Å². The Morgan fingerprint density at radius 3 is 2.71 bits per heavy atom. The second-order valence-corrected chi connectivity index (χ2v) is 6.11. The third kappa shape index (κ3) is 4.74. The van der Waals surface area contributed by atoms with Gasteiger partial charge in [0.2, 0.25) is 0 Å². The zero-order valence-corrected chi connectivity index (χ0v) is 12.8. The van der Waals surface area contributed by atoms with Gasteiger partial charge in [-0.2, -0.15) is 0 Å². The summed E-state index contributed by atoms with van der Waals surface area (Å²) in [6.07, 6.45) is 5.12. The number of carbonyl (C=O) groups is 1. The summed E-state index contributed by atoms with van der Waals surface area (Å²) in [5, 5.41) is 12.3. The van der Waals surface area contributed by atoms with Gasteiger partial charge >= 0.3 is 5.97 Å². The molecule has 0 bridgehead atoms. The lowest BCUT2D eigenvalue weighted by atomic mass is 10.0. The van der Waals surface area contributed by atoms with Crippen molar-refractivity contribution in [3.8, 4) is 5.75 Å². The lowest BCUT2D eigenvalue weighted by molar-refractivity contribution is -0.140. The standard InChI is InChI=1S/C17H25NO3/c1-12(2)16(17(19)20)18-11-13-6-5-9-15(10-13)21-14-7-3-4-8-14/h5-6,9-10,12,14,16,18H,3-4,7-8,11H2,1-2H3,(H,19,20)/t16-/m1/s1. The van der Waals surface area contributed by atoms with E-state index in [2.05, 4.69) is 5.32 Å². The molecule has 4 nitrogen and oxygen atoms in total. The Kier molecular flexibility index (Phi) is 5.62. The van der Waals surface area contributed by atoms with E-state index in [1.165, 1.54) is 12.8 Å². The van der Waals surface area contributed by atoms with Crippen LogP contribution in [-0.2, 0) is 11.3 Å². The molecule has 0 saturated heterocycles. The number of nitrogens with one attached hydrogen (secondary N) is 1. The number of ether oxygens (including phenoxy) is 1. The number of carboxylic acids is 1. The first-order valence-electron chi connectivity index (χ1n) is 7.78. The minimum absolute atomic E-state index is 0.0559. The zero-order chi connectivity index (χ0) is 15.2. The number of rotatable bonds is 7. The molecule has 1 saturated carbocycles. The lowest BCUT2D eigenvalue weighted by Crippen LogP contribution is -2.40. The summed E-state index contributed by atoms with van der Waals surface area (Å²) in [5.41, 5.74) is 1.05. The molecule has 116 valence electrons. The Labute approximate surface area is 126 Å². The van der Waals surface area contributed by atoms with Gasteiger partial charge in [-0.25, -0.2) is 0 Å². The van der Waals surface area contributed by atoms with Crippen molar-refractivity contribution in [1.82, 2.24) is 5.32 Å². The van der Waals surface area contributed by atoms with Crippen LogP contribution in [-0.4, -0.2) is 23.2 Å². The Bertz CT molecular complexity index is 467. The van der Waals surface area contributed by atoms with E-state index in [-0.39, 0.29) is 5.92 Å². The third-order valence-corrected chi connectivity index (χ3v) is 3.96. The molecule has 4 heteroatoms. The summed E-state index contributed by atoms with van der Waals surface area (Å²) >= 11 is 0. The molecule has 0 spiro atoms. The molecule has 1 aliphatic carbocycles. The van der Waals surface area contributed by atoms with Crippen LogP contribution >= 0.6 is 0 Å². The molecule has 1 fully saturated rings. The minimum Gasteiger partial charge on any atom is -0.490 e. The fourth-order valence-corrected chi connectivity index (χ4v) is 2.76. The predicted molar refractivity (Wildman–Crippen MR) is 82.4 cm³/mol. The summed E-state index contributed by atoms with van der Waals surface area (Å²) in [4.78, 5) is 11.2. The van der Waals surface area contributed by atoms with Gasteiger partial charge in [-0.1, -0.05) is 26.0 Å². The largest absolute Gasteiger partial charge is 0.490 e. The SMILES string of the molecule is CC(C)[C@@H](NCc1cccc(OC2CCCC2)c1)C(=O)O. The van der Waals surface area contributed by atoms with E-state index >= 15 is 0 Å². The maximum atomic E-state index is 11.2. The number of carboxylic acid groups (broad SMARTS) is 1. The van der Waals surface area contributed by atoms with Crippen LogP contribution in [0.3, 0.4) is 0 Å². The highest BCUT2D eigenvalue weighted by Gasteiger charge is 2.20. The molecule has 0 heterocycles. The molecule has 2 N–H and O–H groups in total. The van der Waals surface area contributed by atoms with Gasteiger partial charge in [0.25, 0.3) is 0 Å². The van der Waals surface area contributed by atoms with Crippen molar-refractivity contribution < 1.29 is 14.6 Å². The Hall–Kier alpha value is -1.55. The van der Waals surface area contributed by atoms with Crippen LogP contribution in [0.15, 0.2) is 24.3 Å². The van der Waals surface area contributed by atoms with Crippen LogP contribution in [0.4, 0.5) is 0 Å². The molecular formula is C17H25NO3. The maximum absolute atomic E-state index is 11.2. The van der Waals surface area contributed by atoms with Crippen molar-refractivity contribution in [2.24, 2.45) is 5.92 Å². The van der Waals surface area contributed by atoms with E-state index < -0.39 is 12.0 Å². The summed E-state index contributed by atoms with van der Waals surface area (Å²) in [7, 11) is 0. The van der Waals surface area contributed by atoms with E-state index in [0.29, 0.717) is 12.6 Å². The van der Waals surface area contributed by atoms with E-state index in [9.17, 15) is 9.90 Å². The molecule has 0 unspecified atom stereocenters. The van der Waals surface area contributed by atoms with Crippen LogP contribution in [0.25, 0.3) is 0 Å². The second-order valence-electron chi connectivity index (χ2n) is 6.11. The van der Waals surface area contributed by atoms with Gasteiger partial charge in [0.15, 0.2) is 0 Å². The summed E-state index contributed by atoms with van der Waals surface area (Å²) in [6, 6.07) is 7.41. The van der Waals surface area contributed by atoms with Gasteiger partial charge in [-0.3, -0.25) is 4.79 Å². The molecule has 1 atom stereocenters. The summed E-state index contributed by atoms with van der Waals surface area (Å²) in [6.45, 7) is 4.36. The molecule has 0 aliphatic heterocycles. The first-order chi connectivity index (χ1) is 10.1. The van der Waals surface area contributed by atoms with Crippen molar-refractivity contribution >= 4 is 5.97 Å². The topological polar surface area (TPSA) is 58.6 Å². The van der Waals surface area contributed by atoms with Crippen LogP contribution in [0.1, 0.15) is 45.1 Å². The van der Waals surface area contributed by atoms with Gasteiger partial charge in [0, 0.05) is 6.54 Å². The van der Waals surface area contributed by atoms with Gasteiger partial charge in [-0.15, -0.1) is 0 Å². The molecule has 1 aliphatic rings. The number of benzene rings is 1. The fraction of sp³-hybridized carbons (Fsp3) is 0.588. The highest BCUT2D eigenvalue weighted by Crippen LogP contribution is 2.24. The fourth-order valence-electron chi connectivity index (χ4n) is 2.76. The monoisotopic (exact) mass is 291 g/mol. The van der Waals surface area contributed by atoms with E-state index in [1.54, 1.807) is 0 Å². The average molecular weight is 291 g/mol. The Morgan fingerprint density at radius 1 is 1.38 bits per heavy atom. The second kappa shape index (κ2) is 7.46. The predicted octanol–water partition coefficient (Wildman–Crippen LogP) is 3.21. The van der Waals surface area contributed by atoms with Crippen molar-refractivity contribution in [1.29, 1.82) is 0 Å². The van der Waals surface area contributed by atoms with Gasteiger partial charge in [0.1, 0.15) is 11.8 Å². The van der Waals surface area contributed by atoms with E-state index in [4.69, 9.17) is 4.74 Å². The average Bonchev–Trinajstić information content (AvgIpc) is 2.91. The highest BCUT2D eigenvalue weighted by atomic mass is 16.5. The highest BCUT2D eigenvalue weighted by molar-refractivity contribution is 5.73. The van der Waals surface area contributed by atoms with Crippen molar-refractivity contribution in [3.63, 3.8) is 0 Å². The molecule has 0 aromatic heterocycles. The molecule has 0 amide bonds. The molecule has 1 aromatic rings. The number of hydrogen-bond acceptors (Lipinski definition) is 3. The molecule has 0 radical (unpaired) electrons. The normalized spacial score (nSPS) is 17.1. The van der Waals surface area contributed by atoms with Crippen molar-refractivity contribution in [2.75, 3.05) is 0 Å². The molecule has 1 aromatic carbocycles.